The van der Waals surface area contributed by atoms with Gasteiger partial charge < -0.3 is 4.55 Å². The van der Waals surface area contributed by atoms with Gasteiger partial charge in [-0.15, -0.1) is 6.58 Å². The van der Waals surface area contributed by atoms with Crippen molar-refractivity contribution in [2.45, 2.75) is 13.3 Å². The molecule has 3 heteroatoms. The van der Waals surface area contributed by atoms with Gasteiger partial charge in [0.1, 0.15) is 0 Å². The van der Waals surface area contributed by atoms with Crippen molar-refractivity contribution < 1.29 is 8.76 Å². The van der Waals surface area contributed by atoms with E-state index in [0.717, 1.165) is 6.42 Å². The van der Waals surface area contributed by atoms with Crippen molar-refractivity contribution in [3.8, 4) is 0 Å². The summed E-state index contributed by atoms with van der Waals surface area (Å²) in [5.74, 6) is 0.625. The van der Waals surface area contributed by atoms with Gasteiger partial charge in [-0.05, 0) is 12.3 Å². The molecule has 0 aliphatic rings. The summed E-state index contributed by atoms with van der Waals surface area (Å²) in [5.41, 5.74) is 0. The lowest BCUT2D eigenvalue weighted by Crippen LogP contribution is -2.05. The molecule has 0 aromatic rings. The molecule has 0 radical (unpaired) electrons. The van der Waals surface area contributed by atoms with E-state index in [0.29, 0.717) is 5.75 Å². The van der Waals surface area contributed by atoms with Gasteiger partial charge in [0, 0.05) is 0 Å². The Hall–Kier alpha value is -0.150. The van der Waals surface area contributed by atoms with Gasteiger partial charge in [0.2, 0.25) is 0 Å². The summed E-state index contributed by atoms with van der Waals surface area (Å²) in [6.45, 7) is 5.45. The minimum atomic E-state index is -1.64. The molecule has 54 valence electrons. The molecule has 0 aliphatic carbocycles. The SMILES string of the molecule is C=CC[C@@H](C)CS(=O)O. The smallest absolute Gasteiger partial charge is 0.153 e. The van der Waals surface area contributed by atoms with Gasteiger partial charge in [-0.1, -0.05) is 13.0 Å². The lowest BCUT2D eigenvalue weighted by molar-refractivity contribution is 0.544. The first kappa shape index (κ1) is 8.85. The van der Waals surface area contributed by atoms with E-state index in [-0.39, 0.29) is 5.92 Å². The lowest BCUT2D eigenvalue weighted by atomic mass is 10.1. The highest BCUT2D eigenvalue weighted by molar-refractivity contribution is 7.79. The van der Waals surface area contributed by atoms with E-state index in [2.05, 4.69) is 6.58 Å². The quantitative estimate of drug-likeness (QED) is 0.483. The fourth-order valence-electron chi connectivity index (χ4n) is 0.596. The zero-order valence-electron chi connectivity index (χ0n) is 5.54. The number of rotatable bonds is 4. The minimum Gasteiger partial charge on any atom is -0.306 e. The Balaban J connectivity index is 3.37. The molecule has 0 bridgehead atoms. The van der Waals surface area contributed by atoms with Crippen LogP contribution in [0.25, 0.3) is 0 Å². The predicted molar refractivity (Wildman–Crippen MR) is 39.6 cm³/mol. The molecule has 0 spiro atoms. The molecular formula is C6H12O2S. The van der Waals surface area contributed by atoms with Gasteiger partial charge in [0.05, 0.1) is 5.75 Å². The number of hydrogen-bond donors (Lipinski definition) is 1. The molecule has 1 N–H and O–H groups in total. The molecule has 2 atom stereocenters. The Morgan fingerprint density at radius 3 is 2.78 bits per heavy atom. The van der Waals surface area contributed by atoms with Gasteiger partial charge in [-0.25, -0.2) is 4.21 Å². The summed E-state index contributed by atoms with van der Waals surface area (Å²) in [4.78, 5) is 0. The third kappa shape index (κ3) is 5.73. The molecule has 1 unspecified atom stereocenters. The summed E-state index contributed by atoms with van der Waals surface area (Å²) in [5, 5.41) is 0. The van der Waals surface area contributed by atoms with E-state index in [1.54, 1.807) is 6.08 Å². The number of hydrogen-bond acceptors (Lipinski definition) is 1. The van der Waals surface area contributed by atoms with Crippen molar-refractivity contribution in [3.63, 3.8) is 0 Å². The fourth-order valence-corrected chi connectivity index (χ4v) is 1.22. The predicted octanol–water partition coefficient (Wildman–Crippen LogP) is 1.42. The standard InChI is InChI=1S/C6H12O2S/c1-3-4-6(2)5-9(7)8/h3,6H,1,4-5H2,2H3,(H,7,8)/t6-/m1/s1. The van der Waals surface area contributed by atoms with Crippen molar-refractivity contribution in [1.29, 1.82) is 0 Å². The summed E-state index contributed by atoms with van der Waals surface area (Å²) in [6.07, 6.45) is 2.57. The lowest BCUT2D eigenvalue weighted by Gasteiger charge is -2.02. The van der Waals surface area contributed by atoms with Crippen LogP contribution in [-0.2, 0) is 11.1 Å². The van der Waals surface area contributed by atoms with E-state index in [1.807, 2.05) is 6.92 Å². The van der Waals surface area contributed by atoms with Crippen LogP contribution in [0.15, 0.2) is 12.7 Å². The zero-order chi connectivity index (χ0) is 7.28. The third-order valence-electron chi connectivity index (χ3n) is 0.996. The van der Waals surface area contributed by atoms with Gasteiger partial charge in [0.15, 0.2) is 11.1 Å². The first-order valence-corrected chi connectivity index (χ1v) is 4.12. The monoisotopic (exact) mass is 148 g/mol. The second kappa shape index (κ2) is 4.70. The Kier molecular flexibility index (Phi) is 4.62. The molecule has 0 heterocycles. The molecule has 9 heavy (non-hydrogen) atoms. The maximum Gasteiger partial charge on any atom is 0.153 e. The van der Waals surface area contributed by atoms with Crippen LogP contribution in [0, 0.1) is 5.92 Å². The Morgan fingerprint density at radius 2 is 2.44 bits per heavy atom. The van der Waals surface area contributed by atoms with Crippen LogP contribution in [0.5, 0.6) is 0 Å². The van der Waals surface area contributed by atoms with Gasteiger partial charge >= 0.3 is 0 Å². The second-order valence-electron chi connectivity index (χ2n) is 2.12. The van der Waals surface area contributed by atoms with Crippen molar-refractivity contribution in [3.05, 3.63) is 12.7 Å². The van der Waals surface area contributed by atoms with Crippen LogP contribution in [0.2, 0.25) is 0 Å². The first-order valence-electron chi connectivity index (χ1n) is 2.85. The topological polar surface area (TPSA) is 37.3 Å². The largest absolute Gasteiger partial charge is 0.306 e. The molecule has 0 aromatic heterocycles. The summed E-state index contributed by atoms with van der Waals surface area (Å²) in [6, 6.07) is 0. The van der Waals surface area contributed by atoms with Crippen LogP contribution in [-0.4, -0.2) is 14.5 Å². The molecule has 0 aromatic carbocycles. The summed E-state index contributed by atoms with van der Waals surface area (Å²) in [7, 11) is 0. The molecular weight excluding hydrogens is 136 g/mol. The average molecular weight is 148 g/mol. The van der Waals surface area contributed by atoms with Crippen molar-refractivity contribution in [2.75, 3.05) is 5.75 Å². The molecule has 0 fully saturated rings. The first-order chi connectivity index (χ1) is 4.16. The maximum atomic E-state index is 10.2. The van der Waals surface area contributed by atoms with E-state index in [4.69, 9.17) is 4.55 Å². The Bertz CT molecular complexity index is 112. The fraction of sp³-hybridized carbons (Fsp3) is 0.667. The summed E-state index contributed by atoms with van der Waals surface area (Å²) >= 11 is -1.64. The van der Waals surface area contributed by atoms with Gasteiger partial charge in [0.25, 0.3) is 0 Å². The maximum absolute atomic E-state index is 10.2. The van der Waals surface area contributed by atoms with Crippen molar-refractivity contribution >= 4 is 11.1 Å². The Morgan fingerprint density at radius 1 is 1.89 bits per heavy atom. The van der Waals surface area contributed by atoms with Gasteiger partial charge in [-0.2, -0.15) is 0 Å². The van der Waals surface area contributed by atoms with E-state index >= 15 is 0 Å². The van der Waals surface area contributed by atoms with E-state index < -0.39 is 11.1 Å². The number of allylic oxidation sites excluding steroid dienone is 1. The molecule has 2 nitrogen and oxygen atoms in total. The second-order valence-corrected chi connectivity index (χ2v) is 3.09. The molecule has 0 aliphatic heterocycles. The van der Waals surface area contributed by atoms with Crippen LogP contribution >= 0.6 is 0 Å². The van der Waals surface area contributed by atoms with E-state index in [1.165, 1.54) is 0 Å². The van der Waals surface area contributed by atoms with Crippen LogP contribution in [0.4, 0.5) is 0 Å². The van der Waals surface area contributed by atoms with Gasteiger partial charge in [-0.3, -0.25) is 0 Å². The third-order valence-corrected chi connectivity index (χ3v) is 1.85. The highest BCUT2D eigenvalue weighted by atomic mass is 32.2. The highest BCUT2D eigenvalue weighted by Gasteiger charge is 2.01. The minimum absolute atomic E-state index is 0.272. The van der Waals surface area contributed by atoms with E-state index in [9.17, 15) is 4.21 Å². The van der Waals surface area contributed by atoms with Crippen LogP contribution in [0.1, 0.15) is 13.3 Å². The zero-order valence-corrected chi connectivity index (χ0v) is 6.36. The average Bonchev–Trinajstić information content (AvgIpc) is 1.63. The molecule has 0 amide bonds. The van der Waals surface area contributed by atoms with Crippen LogP contribution in [0.3, 0.4) is 0 Å². The summed E-state index contributed by atoms with van der Waals surface area (Å²) < 4.78 is 18.5. The van der Waals surface area contributed by atoms with Crippen LogP contribution < -0.4 is 0 Å². The Labute approximate surface area is 58.3 Å². The van der Waals surface area contributed by atoms with Crippen molar-refractivity contribution in [1.82, 2.24) is 0 Å². The normalized spacial score (nSPS) is 16.7. The molecule has 0 rings (SSSR count). The van der Waals surface area contributed by atoms with Crippen molar-refractivity contribution in [2.24, 2.45) is 5.92 Å². The highest BCUT2D eigenvalue weighted by Crippen LogP contribution is 2.02. The molecule has 0 saturated heterocycles. The molecule has 0 saturated carbocycles.